The van der Waals surface area contributed by atoms with Crippen LogP contribution in [0.25, 0.3) is 0 Å². The lowest BCUT2D eigenvalue weighted by molar-refractivity contribution is -0.137. The van der Waals surface area contributed by atoms with Crippen molar-refractivity contribution < 1.29 is 13.2 Å². The van der Waals surface area contributed by atoms with Gasteiger partial charge in [0.05, 0.1) is 17.2 Å². The third kappa shape index (κ3) is 4.11. The van der Waals surface area contributed by atoms with Crippen LogP contribution in [0.5, 0.6) is 0 Å². The summed E-state index contributed by atoms with van der Waals surface area (Å²) in [5.74, 6) is 0.469. The fourth-order valence-electron chi connectivity index (χ4n) is 1.37. The molecule has 0 N–H and O–H groups in total. The molecular weight excluding hydrogens is 283 g/mol. The lowest BCUT2D eigenvalue weighted by atomic mass is 10.1. The number of nitriles is 1. The average Bonchev–Trinajstić information content (AvgIpc) is 2.28. The normalized spacial score (nSPS) is 13.1. The summed E-state index contributed by atoms with van der Waals surface area (Å²) in [6.07, 6.45) is -3.79. The lowest BCUT2D eigenvalue weighted by Crippen LogP contribution is -2.08. The van der Waals surface area contributed by atoms with Crippen molar-refractivity contribution in [2.45, 2.75) is 29.7 Å². The molecule has 98 valence electrons. The smallest absolute Gasteiger partial charge is 0.192 e. The molecule has 0 aliphatic carbocycles. The van der Waals surface area contributed by atoms with Crippen molar-refractivity contribution in [3.05, 3.63) is 29.3 Å². The standard InChI is InChI=1S/C12H11ClF3NS/c1-8(4-5-13)18-10-3-2-9(7-17)11(6-10)12(14,15)16/h2-3,6,8H,4-5H2,1H3. The van der Waals surface area contributed by atoms with Gasteiger partial charge in [0, 0.05) is 16.0 Å². The highest BCUT2D eigenvalue weighted by Crippen LogP contribution is 2.35. The van der Waals surface area contributed by atoms with Crippen molar-refractivity contribution in [3.8, 4) is 6.07 Å². The second kappa shape index (κ2) is 6.35. The van der Waals surface area contributed by atoms with Crippen LogP contribution >= 0.6 is 23.4 Å². The first-order valence-corrected chi connectivity index (χ1v) is 6.64. The summed E-state index contributed by atoms with van der Waals surface area (Å²) in [5, 5.41) is 8.80. The zero-order valence-electron chi connectivity index (χ0n) is 9.59. The van der Waals surface area contributed by atoms with E-state index >= 15 is 0 Å². The first-order valence-electron chi connectivity index (χ1n) is 5.22. The predicted molar refractivity (Wildman–Crippen MR) is 66.8 cm³/mol. The van der Waals surface area contributed by atoms with Gasteiger partial charge in [-0.15, -0.1) is 23.4 Å². The molecule has 1 rings (SSSR count). The van der Waals surface area contributed by atoms with E-state index in [1.54, 1.807) is 6.07 Å². The van der Waals surface area contributed by atoms with Crippen LogP contribution in [0.3, 0.4) is 0 Å². The highest BCUT2D eigenvalue weighted by atomic mass is 35.5. The van der Waals surface area contributed by atoms with Gasteiger partial charge in [0.25, 0.3) is 0 Å². The van der Waals surface area contributed by atoms with E-state index in [1.807, 2.05) is 6.92 Å². The van der Waals surface area contributed by atoms with Crippen LogP contribution in [0, 0.1) is 11.3 Å². The summed E-state index contributed by atoms with van der Waals surface area (Å²) in [6, 6.07) is 5.32. The minimum atomic E-state index is -4.50. The molecule has 0 saturated heterocycles. The summed E-state index contributed by atoms with van der Waals surface area (Å²) in [6.45, 7) is 1.90. The molecule has 1 aromatic rings. The predicted octanol–water partition coefficient (Wildman–Crippen LogP) is 4.69. The third-order valence-electron chi connectivity index (χ3n) is 2.27. The fraction of sp³-hybridized carbons (Fsp3) is 0.417. The maximum Gasteiger partial charge on any atom is 0.417 e. The minimum absolute atomic E-state index is 0.136. The first-order chi connectivity index (χ1) is 8.38. The molecule has 0 aliphatic rings. The van der Waals surface area contributed by atoms with Gasteiger partial charge >= 0.3 is 6.18 Å². The highest BCUT2D eigenvalue weighted by molar-refractivity contribution is 7.99. The second-order valence-corrected chi connectivity index (χ2v) is 5.61. The Morgan fingerprint density at radius 3 is 2.61 bits per heavy atom. The maximum absolute atomic E-state index is 12.7. The molecule has 0 radical (unpaired) electrons. The summed E-state index contributed by atoms with van der Waals surface area (Å²) >= 11 is 6.90. The van der Waals surface area contributed by atoms with Crippen LogP contribution in [0.1, 0.15) is 24.5 Å². The molecule has 0 aromatic heterocycles. The molecule has 0 aliphatic heterocycles. The molecule has 6 heteroatoms. The lowest BCUT2D eigenvalue weighted by Gasteiger charge is -2.13. The Balaban J connectivity index is 3.01. The number of hydrogen-bond acceptors (Lipinski definition) is 2. The maximum atomic E-state index is 12.7. The van der Waals surface area contributed by atoms with E-state index in [2.05, 4.69) is 0 Å². The zero-order valence-corrected chi connectivity index (χ0v) is 11.2. The number of alkyl halides is 4. The number of benzene rings is 1. The summed E-state index contributed by atoms with van der Waals surface area (Å²) < 4.78 is 38.2. The number of nitrogens with zero attached hydrogens (tertiary/aromatic N) is 1. The minimum Gasteiger partial charge on any atom is -0.192 e. The number of thioether (sulfide) groups is 1. The van der Waals surface area contributed by atoms with E-state index in [0.717, 1.165) is 6.07 Å². The van der Waals surface area contributed by atoms with Gasteiger partial charge in [0.1, 0.15) is 0 Å². The van der Waals surface area contributed by atoms with Crippen molar-refractivity contribution in [2.24, 2.45) is 0 Å². The van der Waals surface area contributed by atoms with Crippen LogP contribution in [0.4, 0.5) is 13.2 Å². The Morgan fingerprint density at radius 2 is 2.11 bits per heavy atom. The van der Waals surface area contributed by atoms with Crippen LogP contribution in [-0.2, 0) is 6.18 Å². The van der Waals surface area contributed by atoms with E-state index < -0.39 is 11.7 Å². The Bertz CT molecular complexity index is 454. The quantitative estimate of drug-likeness (QED) is 0.594. The molecule has 0 amide bonds. The van der Waals surface area contributed by atoms with Crippen molar-refractivity contribution in [1.29, 1.82) is 5.26 Å². The van der Waals surface area contributed by atoms with Gasteiger partial charge in [0.2, 0.25) is 0 Å². The molecule has 0 heterocycles. The molecule has 0 saturated carbocycles. The van der Waals surface area contributed by atoms with Gasteiger partial charge in [-0.05, 0) is 24.6 Å². The Morgan fingerprint density at radius 1 is 1.44 bits per heavy atom. The molecule has 1 atom stereocenters. The van der Waals surface area contributed by atoms with E-state index in [4.69, 9.17) is 16.9 Å². The second-order valence-electron chi connectivity index (χ2n) is 3.72. The molecule has 18 heavy (non-hydrogen) atoms. The SMILES string of the molecule is CC(CCCl)Sc1ccc(C#N)c(C(F)(F)F)c1. The van der Waals surface area contributed by atoms with Gasteiger partial charge in [-0.2, -0.15) is 18.4 Å². The Kier molecular flexibility index (Phi) is 5.36. The van der Waals surface area contributed by atoms with Crippen LogP contribution in [-0.4, -0.2) is 11.1 Å². The van der Waals surface area contributed by atoms with E-state index in [-0.39, 0.29) is 10.8 Å². The molecular formula is C12H11ClF3NS. The van der Waals surface area contributed by atoms with Crippen LogP contribution < -0.4 is 0 Å². The topological polar surface area (TPSA) is 23.8 Å². The molecule has 1 aromatic carbocycles. The van der Waals surface area contributed by atoms with Crippen molar-refractivity contribution in [2.75, 3.05) is 5.88 Å². The van der Waals surface area contributed by atoms with Crippen LogP contribution in [0.2, 0.25) is 0 Å². The largest absolute Gasteiger partial charge is 0.417 e. The zero-order chi connectivity index (χ0) is 13.8. The molecule has 1 nitrogen and oxygen atoms in total. The summed E-state index contributed by atoms with van der Waals surface area (Å²) in [7, 11) is 0. The number of halogens is 4. The van der Waals surface area contributed by atoms with E-state index in [9.17, 15) is 13.2 Å². The Labute approximate surface area is 113 Å². The number of hydrogen-bond donors (Lipinski definition) is 0. The monoisotopic (exact) mass is 293 g/mol. The van der Waals surface area contributed by atoms with Gasteiger partial charge in [-0.1, -0.05) is 6.92 Å². The van der Waals surface area contributed by atoms with E-state index in [0.29, 0.717) is 17.2 Å². The average molecular weight is 294 g/mol. The fourth-order valence-corrected chi connectivity index (χ4v) is 2.86. The van der Waals surface area contributed by atoms with Gasteiger partial charge in [-0.3, -0.25) is 0 Å². The van der Waals surface area contributed by atoms with Crippen molar-refractivity contribution >= 4 is 23.4 Å². The van der Waals surface area contributed by atoms with Crippen LogP contribution in [0.15, 0.2) is 23.1 Å². The number of rotatable bonds is 4. The summed E-state index contributed by atoms with van der Waals surface area (Å²) in [5.41, 5.74) is -1.23. The molecule has 0 bridgehead atoms. The molecule has 0 spiro atoms. The summed E-state index contributed by atoms with van der Waals surface area (Å²) in [4.78, 5) is 0.499. The van der Waals surface area contributed by atoms with Gasteiger partial charge in [-0.25, -0.2) is 0 Å². The molecule has 0 fully saturated rings. The first kappa shape index (κ1) is 15.2. The Hall–Kier alpha value is -0.860. The van der Waals surface area contributed by atoms with Gasteiger partial charge in [0.15, 0.2) is 0 Å². The molecule has 1 unspecified atom stereocenters. The third-order valence-corrected chi connectivity index (χ3v) is 3.65. The van der Waals surface area contributed by atoms with E-state index in [1.165, 1.54) is 23.9 Å². The highest BCUT2D eigenvalue weighted by Gasteiger charge is 2.33. The van der Waals surface area contributed by atoms with Crippen molar-refractivity contribution in [3.63, 3.8) is 0 Å². The van der Waals surface area contributed by atoms with Crippen molar-refractivity contribution in [1.82, 2.24) is 0 Å². The van der Waals surface area contributed by atoms with Gasteiger partial charge < -0.3 is 0 Å².